The Bertz CT molecular complexity index is 1100. The van der Waals surface area contributed by atoms with Gasteiger partial charge in [0.25, 0.3) is 0 Å². The lowest BCUT2D eigenvalue weighted by Gasteiger charge is -2.23. The van der Waals surface area contributed by atoms with E-state index in [4.69, 9.17) is 10.5 Å². The first-order valence-electron chi connectivity index (χ1n) is 9.24. The number of halogens is 1. The third kappa shape index (κ3) is 3.62. The number of nitrogens with two attached hydrogens (primary N) is 1. The van der Waals surface area contributed by atoms with E-state index in [2.05, 4.69) is 24.2 Å². The van der Waals surface area contributed by atoms with E-state index < -0.39 is 0 Å². The van der Waals surface area contributed by atoms with Gasteiger partial charge in [-0.3, -0.25) is 0 Å². The Labute approximate surface area is 163 Å². The number of hydrogen-bond acceptors (Lipinski definition) is 3. The summed E-state index contributed by atoms with van der Waals surface area (Å²) in [5.74, 6) is 0.462. The van der Waals surface area contributed by atoms with Gasteiger partial charge in [-0.25, -0.2) is 9.07 Å². The predicted octanol–water partition coefficient (Wildman–Crippen LogP) is 4.94. The lowest BCUT2D eigenvalue weighted by atomic mass is 10.0. The summed E-state index contributed by atoms with van der Waals surface area (Å²) in [5, 5.41) is 5.37. The highest BCUT2D eigenvalue weighted by atomic mass is 19.1. The molecule has 142 valence electrons. The Morgan fingerprint density at radius 3 is 2.54 bits per heavy atom. The summed E-state index contributed by atoms with van der Waals surface area (Å²) in [4.78, 5) is 0. The predicted molar refractivity (Wildman–Crippen MR) is 109 cm³/mol. The Balaban J connectivity index is 1.65. The lowest BCUT2D eigenvalue weighted by Crippen LogP contribution is -2.29. The summed E-state index contributed by atoms with van der Waals surface area (Å²) >= 11 is 0. The lowest BCUT2D eigenvalue weighted by molar-refractivity contribution is 0.180. The maximum Gasteiger partial charge on any atom is 0.138 e. The van der Waals surface area contributed by atoms with Crippen LogP contribution in [-0.4, -0.2) is 15.8 Å². The van der Waals surface area contributed by atoms with Crippen LogP contribution >= 0.6 is 0 Å². The van der Waals surface area contributed by atoms with Crippen LogP contribution in [-0.2, 0) is 0 Å². The van der Waals surface area contributed by atoms with Gasteiger partial charge >= 0.3 is 0 Å². The smallest absolute Gasteiger partial charge is 0.138 e. The van der Waals surface area contributed by atoms with Crippen LogP contribution in [0.4, 0.5) is 4.39 Å². The fourth-order valence-corrected chi connectivity index (χ4v) is 3.35. The van der Waals surface area contributed by atoms with E-state index in [0.717, 1.165) is 27.9 Å². The van der Waals surface area contributed by atoms with Gasteiger partial charge in [0, 0.05) is 11.4 Å². The molecule has 3 aromatic carbocycles. The minimum Gasteiger partial charge on any atom is -0.484 e. The second-order valence-electron chi connectivity index (χ2n) is 7.07. The second-order valence-corrected chi connectivity index (χ2v) is 7.07. The third-order valence-corrected chi connectivity index (χ3v) is 4.72. The quantitative estimate of drug-likeness (QED) is 0.537. The Hall–Kier alpha value is -3.18. The van der Waals surface area contributed by atoms with E-state index in [1.807, 2.05) is 37.3 Å². The van der Waals surface area contributed by atoms with E-state index in [1.54, 1.807) is 23.0 Å². The molecule has 2 N–H and O–H groups in total. The monoisotopic (exact) mass is 375 g/mol. The van der Waals surface area contributed by atoms with Gasteiger partial charge in [-0.15, -0.1) is 0 Å². The molecule has 0 saturated carbocycles. The van der Waals surface area contributed by atoms with Crippen molar-refractivity contribution in [2.45, 2.75) is 26.0 Å². The average molecular weight is 375 g/mol. The molecule has 0 spiro atoms. The van der Waals surface area contributed by atoms with Crippen molar-refractivity contribution in [2.24, 2.45) is 5.73 Å². The van der Waals surface area contributed by atoms with Crippen LogP contribution in [0.3, 0.4) is 0 Å². The van der Waals surface area contributed by atoms with Crippen molar-refractivity contribution < 1.29 is 9.13 Å². The number of rotatable bonds is 5. The van der Waals surface area contributed by atoms with E-state index in [0.29, 0.717) is 0 Å². The van der Waals surface area contributed by atoms with Crippen LogP contribution in [0.5, 0.6) is 5.75 Å². The molecule has 4 aromatic rings. The van der Waals surface area contributed by atoms with E-state index in [1.165, 1.54) is 17.7 Å². The van der Waals surface area contributed by atoms with E-state index >= 15 is 0 Å². The molecule has 0 radical (unpaired) electrons. The number of aryl methyl sites for hydroxylation is 1. The van der Waals surface area contributed by atoms with Crippen LogP contribution in [0.15, 0.2) is 72.9 Å². The number of fused-ring (bicyclic) bond motifs is 1. The summed E-state index contributed by atoms with van der Waals surface area (Å²) in [6.07, 6.45) is 1.53. The van der Waals surface area contributed by atoms with Crippen molar-refractivity contribution in [3.8, 4) is 11.4 Å². The molecule has 0 bridgehead atoms. The van der Waals surface area contributed by atoms with Gasteiger partial charge in [0.1, 0.15) is 17.7 Å². The summed E-state index contributed by atoms with van der Waals surface area (Å²) < 4.78 is 21.2. The Morgan fingerprint density at radius 2 is 1.82 bits per heavy atom. The number of hydrogen-bond donors (Lipinski definition) is 1. The molecule has 1 unspecified atom stereocenters. The van der Waals surface area contributed by atoms with E-state index in [9.17, 15) is 4.39 Å². The first-order chi connectivity index (χ1) is 13.5. The summed E-state index contributed by atoms with van der Waals surface area (Å²) in [6, 6.07) is 20.1. The molecule has 1 aromatic heterocycles. The SMILES string of the molecule is Cc1cccc(C(Oc2ccc3c(cnn3-c3ccc(F)cc3)c2)[C@H](C)N)c1. The number of ether oxygens (including phenoxy) is 1. The zero-order valence-electron chi connectivity index (χ0n) is 15.8. The Morgan fingerprint density at radius 1 is 1.04 bits per heavy atom. The topological polar surface area (TPSA) is 53.1 Å². The van der Waals surface area contributed by atoms with Crippen LogP contribution in [0, 0.1) is 12.7 Å². The highest BCUT2D eigenvalue weighted by Gasteiger charge is 2.19. The number of benzene rings is 3. The normalized spacial score (nSPS) is 13.4. The molecule has 0 saturated heterocycles. The first kappa shape index (κ1) is 18.2. The molecule has 0 fully saturated rings. The van der Waals surface area contributed by atoms with Gasteiger partial charge in [0.15, 0.2) is 0 Å². The molecule has 0 aliphatic carbocycles. The minimum absolute atomic E-state index is 0.167. The van der Waals surface area contributed by atoms with Gasteiger partial charge in [-0.1, -0.05) is 29.8 Å². The number of aromatic nitrogens is 2. The van der Waals surface area contributed by atoms with E-state index in [-0.39, 0.29) is 18.0 Å². The summed E-state index contributed by atoms with van der Waals surface area (Å²) in [7, 11) is 0. The number of nitrogens with zero attached hydrogens (tertiary/aromatic N) is 2. The van der Waals surface area contributed by atoms with Crippen LogP contribution < -0.4 is 10.5 Å². The zero-order valence-corrected chi connectivity index (χ0v) is 15.8. The molecule has 0 aliphatic heterocycles. The molecule has 4 rings (SSSR count). The molecule has 4 nitrogen and oxygen atoms in total. The van der Waals surface area contributed by atoms with Gasteiger partial charge in [-0.2, -0.15) is 5.10 Å². The van der Waals surface area contributed by atoms with Crippen molar-refractivity contribution in [1.82, 2.24) is 9.78 Å². The van der Waals surface area contributed by atoms with Crippen LogP contribution in [0.2, 0.25) is 0 Å². The molecule has 0 aliphatic rings. The molecule has 0 amide bonds. The zero-order chi connectivity index (χ0) is 19.7. The molecular weight excluding hydrogens is 353 g/mol. The third-order valence-electron chi connectivity index (χ3n) is 4.72. The van der Waals surface area contributed by atoms with Gasteiger partial charge in [-0.05, 0) is 61.9 Å². The molecular formula is C23H22FN3O. The first-order valence-corrected chi connectivity index (χ1v) is 9.24. The van der Waals surface area contributed by atoms with Crippen molar-refractivity contribution in [3.05, 3.63) is 89.9 Å². The molecule has 28 heavy (non-hydrogen) atoms. The molecule has 5 heteroatoms. The second kappa shape index (κ2) is 7.44. The maximum atomic E-state index is 13.2. The molecule has 1 heterocycles. The standard InChI is InChI=1S/C23H22FN3O/c1-15-4-3-5-17(12-15)23(16(2)25)28-21-10-11-22-18(13-21)14-26-27(22)20-8-6-19(24)7-9-20/h3-14,16,23H,25H2,1-2H3/t16-,23?/m0/s1. The van der Waals surface area contributed by atoms with Crippen molar-refractivity contribution in [3.63, 3.8) is 0 Å². The minimum atomic E-state index is -0.269. The van der Waals surface area contributed by atoms with Crippen molar-refractivity contribution in [1.29, 1.82) is 0 Å². The largest absolute Gasteiger partial charge is 0.484 e. The van der Waals surface area contributed by atoms with Gasteiger partial charge in [0.2, 0.25) is 0 Å². The molecule has 2 atom stereocenters. The van der Waals surface area contributed by atoms with Crippen LogP contribution in [0.25, 0.3) is 16.6 Å². The Kier molecular flexibility index (Phi) is 4.84. The highest BCUT2D eigenvalue weighted by molar-refractivity contribution is 5.81. The fourth-order valence-electron chi connectivity index (χ4n) is 3.35. The van der Waals surface area contributed by atoms with Gasteiger partial charge < -0.3 is 10.5 Å². The van der Waals surface area contributed by atoms with Crippen LogP contribution in [0.1, 0.15) is 24.2 Å². The van der Waals surface area contributed by atoms with Crippen molar-refractivity contribution >= 4 is 10.9 Å². The fraction of sp³-hybridized carbons (Fsp3) is 0.174. The summed E-state index contributed by atoms with van der Waals surface area (Å²) in [5.41, 5.74) is 10.1. The maximum absolute atomic E-state index is 13.2. The van der Waals surface area contributed by atoms with Crippen molar-refractivity contribution in [2.75, 3.05) is 0 Å². The van der Waals surface area contributed by atoms with Gasteiger partial charge in [0.05, 0.1) is 17.4 Å². The highest BCUT2D eigenvalue weighted by Crippen LogP contribution is 2.28. The average Bonchev–Trinajstić information content (AvgIpc) is 3.09. The summed E-state index contributed by atoms with van der Waals surface area (Å²) in [6.45, 7) is 4.00.